The third kappa shape index (κ3) is 2.63. The van der Waals surface area contributed by atoms with E-state index in [2.05, 4.69) is 44.9 Å². The second kappa shape index (κ2) is 4.33. The molecule has 0 N–H and O–H groups in total. The molecule has 1 unspecified atom stereocenters. The molecule has 96 valence electrons. The van der Waals surface area contributed by atoms with Crippen molar-refractivity contribution in [3.8, 4) is 5.88 Å². The van der Waals surface area contributed by atoms with E-state index in [4.69, 9.17) is 4.74 Å². The Hall–Kier alpha value is -1.03. The molecule has 0 bridgehead atoms. The fourth-order valence-corrected chi connectivity index (χ4v) is 2.29. The molecule has 1 aliphatic rings. The van der Waals surface area contributed by atoms with E-state index in [0.29, 0.717) is 5.92 Å². The first-order valence-electron chi connectivity index (χ1n) is 6.21. The van der Waals surface area contributed by atoms with Gasteiger partial charge in [0.25, 0.3) is 0 Å². The number of ether oxygens (including phenoxy) is 1. The standard InChI is InChI=1S/C13H23N3O/c1-13(2,3)11-6-14-16-8-10(7-15(4)5)9-17-12(11)16/h6,10H,7-9H2,1-5H3. The second-order valence-corrected chi connectivity index (χ2v) is 6.23. The lowest BCUT2D eigenvalue weighted by Gasteiger charge is -2.28. The highest BCUT2D eigenvalue weighted by Gasteiger charge is 2.28. The number of rotatable bonds is 2. The zero-order valence-corrected chi connectivity index (χ0v) is 11.5. The van der Waals surface area contributed by atoms with Crippen molar-refractivity contribution in [2.75, 3.05) is 27.2 Å². The molecule has 2 heterocycles. The van der Waals surface area contributed by atoms with Crippen molar-refractivity contribution in [1.29, 1.82) is 0 Å². The minimum atomic E-state index is 0.0992. The summed E-state index contributed by atoms with van der Waals surface area (Å²) in [7, 11) is 4.19. The molecule has 1 aliphatic heterocycles. The molecular weight excluding hydrogens is 214 g/mol. The third-order valence-corrected chi connectivity index (χ3v) is 3.11. The van der Waals surface area contributed by atoms with Crippen LogP contribution >= 0.6 is 0 Å². The Bertz CT molecular complexity index is 390. The molecule has 0 saturated carbocycles. The molecule has 4 nitrogen and oxygen atoms in total. The molecule has 1 aromatic heterocycles. The summed E-state index contributed by atoms with van der Waals surface area (Å²) < 4.78 is 7.92. The van der Waals surface area contributed by atoms with Crippen molar-refractivity contribution in [3.05, 3.63) is 11.8 Å². The number of hydrogen-bond donors (Lipinski definition) is 0. The Labute approximate surface area is 104 Å². The highest BCUT2D eigenvalue weighted by molar-refractivity contribution is 5.31. The third-order valence-electron chi connectivity index (χ3n) is 3.11. The Morgan fingerprint density at radius 2 is 2.18 bits per heavy atom. The quantitative estimate of drug-likeness (QED) is 0.785. The number of fused-ring (bicyclic) bond motifs is 1. The topological polar surface area (TPSA) is 30.3 Å². The highest BCUT2D eigenvalue weighted by atomic mass is 16.5. The molecule has 4 heteroatoms. The minimum absolute atomic E-state index is 0.0992. The predicted octanol–water partition coefficient (Wildman–Crippen LogP) is 1.75. The molecule has 1 aromatic rings. The van der Waals surface area contributed by atoms with Gasteiger partial charge in [-0.3, -0.25) is 0 Å². The van der Waals surface area contributed by atoms with Gasteiger partial charge in [-0.05, 0) is 19.5 Å². The van der Waals surface area contributed by atoms with Gasteiger partial charge in [-0.2, -0.15) is 5.10 Å². The monoisotopic (exact) mass is 237 g/mol. The molecule has 1 atom stereocenters. The summed E-state index contributed by atoms with van der Waals surface area (Å²) in [6.07, 6.45) is 1.95. The first-order valence-corrected chi connectivity index (χ1v) is 6.21. The van der Waals surface area contributed by atoms with Crippen LogP contribution in [-0.2, 0) is 12.0 Å². The van der Waals surface area contributed by atoms with Crippen LogP contribution in [0.3, 0.4) is 0 Å². The Morgan fingerprint density at radius 3 is 2.76 bits per heavy atom. The average Bonchev–Trinajstić information content (AvgIpc) is 2.58. The smallest absolute Gasteiger partial charge is 0.215 e. The minimum Gasteiger partial charge on any atom is -0.477 e. The fourth-order valence-electron chi connectivity index (χ4n) is 2.29. The maximum Gasteiger partial charge on any atom is 0.215 e. The van der Waals surface area contributed by atoms with E-state index in [0.717, 1.165) is 25.6 Å². The summed E-state index contributed by atoms with van der Waals surface area (Å²) >= 11 is 0. The van der Waals surface area contributed by atoms with Gasteiger partial charge in [0.2, 0.25) is 5.88 Å². The van der Waals surface area contributed by atoms with E-state index in [1.165, 1.54) is 5.56 Å². The van der Waals surface area contributed by atoms with Crippen LogP contribution in [0.5, 0.6) is 5.88 Å². The van der Waals surface area contributed by atoms with Crippen molar-refractivity contribution in [1.82, 2.24) is 14.7 Å². The summed E-state index contributed by atoms with van der Waals surface area (Å²) in [6.45, 7) is 9.39. The van der Waals surface area contributed by atoms with Crippen LogP contribution in [0, 0.1) is 5.92 Å². The summed E-state index contributed by atoms with van der Waals surface area (Å²) in [5.41, 5.74) is 1.31. The van der Waals surface area contributed by atoms with Gasteiger partial charge >= 0.3 is 0 Å². The van der Waals surface area contributed by atoms with E-state index >= 15 is 0 Å². The molecule has 0 saturated heterocycles. The van der Waals surface area contributed by atoms with Gasteiger partial charge in [0.1, 0.15) is 0 Å². The molecule has 0 aliphatic carbocycles. The van der Waals surface area contributed by atoms with Gasteiger partial charge < -0.3 is 9.64 Å². The van der Waals surface area contributed by atoms with E-state index < -0.39 is 0 Å². The fraction of sp³-hybridized carbons (Fsp3) is 0.769. The van der Waals surface area contributed by atoms with Crippen LogP contribution in [0.1, 0.15) is 26.3 Å². The highest BCUT2D eigenvalue weighted by Crippen LogP contribution is 2.33. The normalized spacial score (nSPS) is 20.2. The zero-order chi connectivity index (χ0) is 12.6. The van der Waals surface area contributed by atoms with E-state index in [9.17, 15) is 0 Å². The zero-order valence-electron chi connectivity index (χ0n) is 11.5. The van der Waals surface area contributed by atoms with Gasteiger partial charge in [0.15, 0.2) is 0 Å². The van der Waals surface area contributed by atoms with Crippen molar-refractivity contribution in [3.63, 3.8) is 0 Å². The predicted molar refractivity (Wildman–Crippen MR) is 68.5 cm³/mol. The van der Waals surface area contributed by atoms with Crippen molar-refractivity contribution < 1.29 is 4.74 Å². The Balaban J connectivity index is 2.16. The maximum absolute atomic E-state index is 5.91. The van der Waals surface area contributed by atoms with Crippen molar-refractivity contribution in [2.24, 2.45) is 5.92 Å². The second-order valence-electron chi connectivity index (χ2n) is 6.23. The summed E-state index contributed by atoms with van der Waals surface area (Å²) in [5, 5.41) is 4.45. The van der Waals surface area contributed by atoms with E-state index in [-0.39, 0.29) is 5.41 Å². The number of aromatic nitrogens is 2. The van der Waals surface area contributed by atoms with Crippen LogP contribution in [-0.4, -0.2) is 41.9 Å². The van der Waals surface area contributed by atoms with Crippen molar-refractivity contribution >= 4 is 0 Å². The van der Waals surface area contributed by atoms with Crippen LogP contribution in [0.4, 0.5) is 0 Å². The van der Waals surface area contributed by atoms with Gasteiger partial charge in [-0.25, -0.2) is 4.68 Å². The summed E-state index contributed by atoms with van der Waals surface area (Å²) in [4.78, 5) is 2.20. The molecule has 17 heavy (non-hydrogen) atoms. The molecule has 2 rings (SSSR count). The number of hydrogen-bond acceptors (Lipinski definition) is 3. The van der Waals surface area contributed by atoms with Crippen LogP contribution in [0.25, 0.3) is 0 Å². The average molecular weight is 237 g/mol. The van der Waals surface area contributed by atoms with Crippen molar-refractivity contribution in [2.45, 2.75) is 32.7 Å². The van der Waals surface area contributed by atoms with Crippen LogP contribution in [0.15, 0.2) is 6.20 Å². The van der Waals surface area contributed by atoms with Gasteiger partial charge in [0.05, 0.1) is 19.3 Å². The van der Waals surface area contributed by atoms with Gasteiger partial charge in [-0.15, -0.1) is 0 Å². The molecule has 0 radical (unpaired) electrons. The SMILES string of the molecule is CN(C)CC1COc2c(C(C)(C)C)cnn2C1. The van der Waals surface area contributed by atoms with Gasteiger partial charge in [-0.1, -0.05) is 20.8 Å². The van der Waals surface area contributed by atoms with E-state index in [1.54, 1.807) is 0 Å². The lowest BCUT2D eigenvalue weighted by molar-refractivity contribution is 0.137. The lowest BCUT2D eigenvalue weighted by Crippen LogP contribution is -2.34. The molecule has 0 fully saturated rings. The largest absolute Gasteiger partial charge is 0.477 e. The summed E-state index contributed by atoms with van der Waals surface area (Å²) in [5.74, 6) is 1.50. The molecule has 0 amide bonds. The first-order chi connectivity index (χ1) is 7.88. The van der Waals surface area contributed by atoms with E-state index in [1.807, 2.05) is 10.9 Å². The lowest BCUT2D eigenvalue weighted by atomic mass is 9.89. The Morgan fingerprint density at radius 1 is 1.47 bits per heavy atom. The maximum atomic E-state index is 5.91. The summed E-state index contributed by atoms with van der Waals surface area (Å²) in [6, 6.07) is 0. The first kappa shape index (κ1) is 12.4. The Kier molecular flexibility index (Phi) is 3.17. The van der Waals surface area contributed by atoms with Crippen LogP contribution in [0.2, 0.25) is 0 Å². The van der Waals surface area contributed by atoms with Crippen LogP contribution < -0.4 is 4.74 Å². The molecule has 0 aromatic carbocycles. The number of nitrogens with zero attached hydrogens (tertiary/aromatic N) is 3. The molecular formula is C13H23N3O. The molecule has 0 spiro atoms. The van der Waals surface area contributed by atoms with Gasteiger partial charge in [0, 0.05) is 18.0 Å².